The van der Waals surface area contributed by atoms with E-state index in [1.54, 1.807) is 18.3 Å². The lowest BCUT2D eigenvalue weighted by Gasteiger charge is -2.07. The molecule has 3 aromatic carbocycles. The highest BCUT2D eigenvalue weighted by molar-refractivity contribution is 7.21. The van der Waals surface area contributed by atoms with Gasteiger partial charge in [-0.1, -0.05) is 6.07 Å². The van der Waals surface area contributed by atoms with Gasteiger partial charge in [0, 0.05) is 28.4 Å². The Morgan fingerprint density at radius 2 is 1.79 bits per heavy atom. The van der Waals surface area contributed by atoms with Gasteiger partial charge in [-0.25, -0.2) is 4.98 Å². The molecule has 0 spiro atoms. The predicted molar refractivity (Wildman–Crippen MR) is 116 cm³/mol. The van der Waals surface area contributed by atoms with Crippen molar-refractivity contribution in [2.45, 2.75) is 13.8 Å². The van der Waals surface area contributed by atoms with Crippen molar-refractivity contribution in [3.63, 3.8) is 0 Å². The second-order valence-electron chi connectivity index (χ2n) is 6.78. The number of carbonyl (C=O) groups is 1. The molecule has 1 amide bonds. The van der Waals surface area contributed by atoms with Gasteiger partial charge in [-0.2, -0.15) is 0 Å². The van der Waals surface area contributed by atoms with Crippen LogP contribution in [0.15, 0.2) is 60.7 Å². The smallest absolute Gasteiger partial charge is 0.272 e. The molecule has 29 heavy (non-hydrogen) atoms. The molecule has 1 aromatic heterocycles. The van der Waals surface area contributed by atoms with Crippen molar-refractivity contribution >= 4 is 38.8 Å². The van der Waals surface area contributed by atoms with Crippen molar-refractivity contribution in [2.24, 2.45) is 0 Å². The Hall–Kier alpha value is -3.58. The Labute approximate surface area is 171 Å². The highest BCUT2D eigenvalue weighted by atomic mass is 32.1. The molecule has 0 unspecified atom stereocenters. The van der Waals surface area contributed by atoms with Gasteiger partial charge in [0.05, 0.1) is 15.1 Å². The lowest BCUT2D eigenvalue weighted by molar-refractivity contribution is -0.385. The van der Waals surface area contributed by atoms with Crippen molar-refractivity contribution < 1.29 is 9.72 Å². The third-order valence-corrected chi connectivity index (χ3v) is 5.66. The number of anilines is 1. The minimum atomic E-state index is -0.459. The molecule has 6 nitrogen and oxygen atoms in total. The fourth-order valence-electron chi connectivity index (χ4n) is 3.06. The minimum Gasteiger partial charge on any atom is -0.322 e. The van der Waals surface area contributed by atoms with E-state index >= 15 is 0 Å². The van der Waals surface area contributed by atoms with Gasteiger partial charge in [0.1, 0.15) is 5.01 Å². The topological polar surface area (TPSA) is 85.1 Å². The summed E-state index contributed by atoms with van der Waals surface area (Å²) in [5, 5.41) is 14.7. The van der Waals surface area contributed by atoms with Gasteiger partial charge in [0.2, 0.25) is 0 Å². The summed E-state index contributed by atoms with van der Waals surface area (Å²) in [5.41, 5.74) is 4.62. The normalized spacial score (nSPS) is 10.8. The number of nitro benzene ring substituents is 1. The first-order valence-corrected chi connectivity index (χ1v) is 9.76. The summed E-state index contributed by atoms with van der Waals surface area (Å²) >= 11 is 1.63. The predicted octanol–water partition coefficient (Wildman–Crippen LogP) is 5.74. The molecule has 0 radical (unpaired) electrons. The molecule has 0 bridgehead atoms. The maximum absolute atomic E-state index is 12.5. The third kappa shape index (κ3) is 3.86. The summed E-state index contributed by atoms with van der Waals surface area (Å²) in [6.07, 6.45) is 0. The average molecular weight is 403 g/mol. The molecular formula is C22H17N3O3S. The largest absolute Gasteiger partial charge is 0.322 e. The van der Waals surface area contributed by atoms with E-state index in [2.05, 4.69) is 23.3 Å². The summed E-state index contributed by atoms with van der Waals surface area (Å²) in [5.74, 6) is -0.314. The van der Waals surface area contributed by atoms with Gasteiger partial charge < -0.3 is 5.32 Å². The van der Waals surface area contributed by atoms with E-state index in [4.69, 9.17) is 0 Å². The van der Waals surface area contributed by atoms with Crippen LogP contribution in [-0.4, -0.2) is 15.8 Å². The average Bonchev–Trinajstić information content (AvgIpc) is 3.11. The number of thiazole rings is 1. The number of amides is 1. The van der Waals surface area contributed by atoms with Gasteiger partial charge >= 0.3 is 0 Å². The number of fused-ring (bicyclic) bond motifs is 1. The standard InChI is InChI=1S/C22H17N3O3S/c1-13-3-9-18-20(11-13)29-22(24-18)15-4-7-17(8-5-15)23-21(26)16-6-10-19(25(27)28)14(2)12-16/h3-12H,1-2H3,(H,23,26). The number of aryl methyl sites for hydroxylation is 2. The van der Waals surface area contributed by atoms with E-state index < -0.39 is 4.92 Å². The van der Waals surface area contributed by atoms with Crippen LogP contribution in [0.4, 0.5) is 11.4 Å². The van der Waals surface area contributed by atoms with Crippen LogP contribution in [0.3, 0.4) is 0 Å². The zero-order valence-corrected chi connectivity index (χ0v) is 16.6. The third-order valence-electron chi connectivity index (χ3n) is 4.59. The molecule has 144 valence electrons. The number of nitrogens with zero attached hydrogens (tertiary/aromatic N) is 2. The first kappa shape index (κ1) is 18.8. The van der Waals surface area contributed by atoms with Crippen LogP contribution in [0.5, 0.6) is 0 Å². The number of benzene rings is 3. The molecule has 0 saturated heterocycles. The summed E-state index contributed by atoms with van der Waals surface area (Å²) in [7, 11) is 0. The summed E-state index contributed by atoms with van der Waals surface area (Å²) < 4.78 is 1.14. The molecular weight excluding hydrogens is 386 g/mol. The quantitative estimate of drug-likeness (QED) is 0.348. The molecule has 0 saturated carbocycles. The van der Waals surface area contributed by atoms with Crippen LogP contribution < -0.4 is 5.32 Å². The van der Waals surface area contributed by atoms with E-state index in [9.17, 15) is 14.9 Å². The van der Waals surface area contributed by atoms with Gasteiger partial charge in [0.25, 0.3) is 11.6 Å². The number of hydrogen-bond acceptors (Lipinski definition) is 5. The number of hydrogen-bond donors (Lipinski definition) is 1. The molecule has 7 heteroatoms. The van der Waals surface area contributed by atoms with Gasteiger partial charge in [-0.05, 0) is 67.9 Å². The zero-order chi connectivity index (χ0) is 20.5. The van der Waals surface area contributed by atoms with E-state index in [1.165, 1.54) is 23.8 Å². The fraction of sp³-hybridized carbons (Fsp3) is 0.0909. The second kappa shape index (κ2) is 7.44. The van der Waals surface area contributed by atoms with Crippen molar-refractivity contribution in [3.8, 4) is 10.6 Å². The molecule has 0 atom stereocenters. The second-order valence-corrected chi connectivity index (χ2v) is 7.81. The maximum Gasteiger partial charge on any atom is 0.272 e. The summed E-state index contributed by atoms with van der Waals surface area (Å²) in [6.45, 7) is 3.67. The highest BCUT2D eigenvalue weighted by Gasteiger charge is 2.14. The number of aromatic nitrogens is 1. The van der Waals surface area contributed by atoms with E-state index in [1.807, 2.05) is 36.4 Å². The number of carbonyl (C=O) groups excluding carboxylic acids is 1. The molecule has 0 aliphatic carbocycles. The van der Waals surface area contributed by atoms with Gasteiger partial charge in [-0.15, -0.1) is 11.3 Å². The zero-order valence-electron chi connectivity index (χ0n) is 15.8. The Balaban J connectivity index is 1.52. The van der Waals surface area contributed by atoms with Crippen LogP contribution >= 0.6 is 11.3 Å². The summed E-state index contributed by atoms with van der Waals surface area (Å²) in [4.78, 5) is 27.6. The molecule has 4 aromatic rings. The van der Waals surface area contributed by atoms with Crippen LogP contribution in [0, 0.1) is 24.0 Å². The molecule has 1 heterocycles. The van der Waals surface area contributed by atoms with Crippen LogP contribution in [0.1, 0.15) is 21.5 Å². The van der Waals surface area contributed by atoms with Crippen LogP contribution in [0.25, 0.3) is 20.8 Å². The van der Waals surface area contributed by atoms with Crippen LogP contribution in [0.2, 0.25) is 0 Å². The number of rotatable bonds is 4. The number of nitro groups is 1. The molecule has 1 N–H and O–H groups in total. The Morgan fingerprint density at radius 3 is 2.48 bits per heavy atom. The molecule has 0 fully saturated rings. The molecule has 0 aliphatic rings. The monoisotopic (exact) mass is 403 g/mol. The Kier molecular flexibility index (Phi) is 4.82. The molecule has 4 rings (SSSR count). The highest BCUT2D eigenvalue weighted by Crippen LogP contribution is 2.31. The maximum atomic E-state index is 12.5. The minimum absolute atomic E-state index is 0.00284. The van der Waals surface area contributed by atoms with Crippen LogP contribution in [-0.2, 0) is 0 Å². The van der Waals surface area contributed by atoms with Crippen molar-refractivity contribution in [2.75, 3.05) is 5.32 Å². The first-order valence-electron chi connectivity index (χ1n) is 8.95. The SMILES string of the molecule is Cc1ccc2nc(-c3ccc(NC(=O)c4ccc([N+](=O)[O-])c(C)c4)cc3)sc2c1. The Morgan fingerprint density at radius 1 is 1.03 bits per heavy atom. The van der Waals surface area contributed by atoms with Gasteiger partial charge in [0.15, 0.2) is 0 Å². The summed E-state index contributed by atoms with van der Waals surface area (Å²) in [6, 6.07) is 18.0. The molecule has 0 aliphatic heterocycles. The van der Waals surface area contributed by atoms with Crippen molar-refractivity contribution in [1.29, 1.82) is 0 Å². The van der Waals surface area contributed by atoms with Crippen molar-refractivity contribution in [3.05, 3.63) is 87.5 Å². The lowest BCUT2D eigenvalue weighted by Crippen LogP contribution is -2.12. The van der Waals surface area contributed by atoms with Gasteiger partial charge in [-0.3, -0.25) is 14.9 Å². The van der Waals surface area contributed by atoms with E-state index in [-0.39, 0.29) is 11.6 Å². The Bertz CT molecular complexity index is 1250. The van der Waals surface area contributed by atoms with E-state index in [0.717, 1.165) is 20.8 Å². The lowest BCUT2D eigenvalue weighted by atomic mass is 10.1. The van der Waals surface area contributed by atoms with E-state index in [0.29, 0.717) is 16.8 Å². The fourth-order valence-corrected chi connectivity index (χ4v) is 4.13. The number of nitrogens with one attached hydrogen (secondary N) is 1. The van der Waals surface area contributed by atoms with Crippen molar-refractivity contribution in [1.82, 2.24) is 4.98 Å². The first-order chi connectivity index (χ1) is 13.9.